The Morgan fingerprint density at radius 3 is 2.79 bits per heavy atom. The largest absolute Gasteiger partial charge is 0.403 e. The van der Waals surface area contributed by atoms with Gasteiger partial charge in [-0.3, -0.25) is 9.79 Å². The minimum Gasteiger partial charge on any atom is -0.403 e. The smallest absolute Gasteiger partial charge is 0.236 e. The van der Waals surface area contributed by atoms with Crippen molar-refractivity contribution in [2.45, 2.75) is 32.2 Å². The third-order valence-corrected chi connectivity index (χ3v) is 5.35. The van der Waals surface area contributed by atoms with E-state index in [4.69, 9.17) is 11.0 Å². The number of hydrogen-bond acceptors (Lipinski definition) is 8. The van der Waals surface area contributed by atoms with Crippen LogP contribution in [0.5, 0.6) is 0 Å². The molecule has 9 heteroatoms. The van der Waals surface area contributed by atoms with Crippen molar-refractivity contribution in [3.05, 3.63) is 23.7 Å². The summed E-state index contributed by atoms with van der Waals surface area (Å²) in [6, 6.07) is 2.26. The van der Waals surface area contributed by atoms with E-state index < -0.39 is 0 Å². The van der Waals surface area contributed by atoms with E-state index in [9.17, 15) is 4.79 Å². The van der Waals surface area contributed by atoms with Gasteiger partial charge in [0.25, 0.3) is 0 Å². The molecule has 28 heavy (non-hydrogen) atoms. The Morgan fingerprint density at radius 2 is 2.18 bits per heavy atom. The molecule has 2 heterocycles. The Bertz CT molecular complexity index is 814. The SMILES string of the molecule is CN=CC(=CN)Nc1ncc(C)c(NC2CC3CN(C(=O)CC#N)CC3C2)n1. The fourth-order valence-electron chi connectivity index (χ4n) is 4.03. The summed E-state index contributed by atoms with van der Waals surface area (Å²) in [4.78, 5) is 26.6. The van der Waals surface area contributed by atoms with Gasteiger partial charge >= 0.3 is 0 Å². The van der Waals surface area contributed by atoms with Crippen LogP contribution in [0.3, 0.4) is 0 Å². The molecule has 4 N–H and O–H groups in total. The number of rotatable bonds is 6. The normalized spacial score (nSPS) is 24.2. The molecule has 148 valence electrons. The minimum absolute atomic E-state index is 0.0288. The number of carbonyl (C=O) groups excluding carboxylic acids is 1. The fourth-order valence-corrected chi connectivity index (χ4v) is 4.03. The standard InChI is InChI=1S/C19H26N8O/c1-12-8-23-19(25-16(7-21)9-22-2)26-18(12)24-15-5-13-10-27(11-14(13)6-15)17(28)3-4-20/h7-9,13-15H,3,5-6,10-11,21H2,1-2H3,(H2,23,24,25,26). The highest BCUT2D eigenvalue weighted by Gasteiger charge is 2.42. The maximum Gasteiger partial charge on any atom is 0.236 e. The van der Waals surface area contributed by atoms with Crippen molar-refractivity contribution in [1.29, 1.82) is 5.26 Å². The van der Waals surface area contributed by atoms with Crippen molar-refractivity contribution in [3.8, 4) is 6.07 Å². The van der Waals surface area contributed by atoms with Gasteiger partial charge in [0.15, 0.2) is 0 Å². The van der Waals surface area contributed by atoms with Gasteiger partial charge < -0.3 is 21.3 Å². The Balaban J connectivity index is 1.61. The van der Waals surface area contributed by atoms with E-state index in [0.29, 0.717) is 29.5 Å². The molecule has 1 saturated carbocycles. The summed E-state index contributed by atoms with van der Waals surface area (Å²) in [6.45, 7) is 3.47. The van der Waals surface area contributed by atoms with E-state index in [0.717, 1.165) is 37.3 Å². The Hall–Kier alpha value is -3.15. The quantitative estimate of drug-likeness (QED) is 0.631. The van der Waals surface area contributed by atoms with Gasteiger partial charge in [-0.15, -0.1) is 0 Å². The zero-order valence-electron chi connectivity index (χ0n) is 16.2. The first-order chi connectivity index (χ1) is 13.5. The van der Waals surface area contributed by atoms with Crippen molar-refractivity contribution in [1.82, 2.24) is 14.9 Å². The summed E-state index contributed by atoms with van der Waals surface area (Å²) in [7, 11) is 1.67. The van der Waals surface area contributed by atoms with Crippen LogP contribution in [0.2, 0.25) is 0 Å². The first-order valence-corrected chi connectivity index (χ1v) is 9.40. The number of amides is 1. The third-order valence-electron chi connectivity index (χ3n) is 5.35. The molecule has 2 aliphatic rings. The number of anilines is 2. The van der Waals surface area contributed by atoms with Crippen LogP contribution in [0, 0.1) is 30.1 Å². The highest BCUT2D eigenvalue weighted by molar-refractivity contribution is 5.82. The third kappa shape index (κ3) is 4.39. The summed E-state index contributed by atoms with van der Waals surface area (Å²) in [5.74, 6) is 2.16. The van der Waals surface area contributed by atoms with Gasteiger partial charge in [-0.05, 0) is 31.6 Å². The lowest BCUT2D eigenvalue weighted by Gasteiger charge is -2.20. The minimum atomic E-state index is -0.0526. The van der Waals surface area contributed by atoms with Gasteiger partial charge in [-0.1, -0.05) is 0 Å². The molecule has 0 bridgehead atoms. The van der Waals surface area contributed by atoms with E-state index in [2.05, 4.69) is 25.6 Å². The fraction of sp³-hybridized carbons (Fsp3) is 0.526. The lowest BCUT2D eigenvalue weighted by Crippen LogP contribution is -2.30. The van der Waals surface area contributed by atoms with Crippen LogP contribution in [0.1, 0.15) is 24.8 Å². The molecule has 9 nitrogen and oxygen atoms in total. The van der Waals surface area contributed by atoms with Gasteiger partial charge in [-0.2, -0.15) is 10.2 Å². The van der Waals surface area contributed by atoms with Crippen molar-refractivity contribution in [2.75, 3.05) is 30.8 Å². The Morgan fingerprint density at radius 1 is 1.46 bits per heavy atom. The van der Waals surface area contributed by atoms with Crippen molar-refractivity contribution < 1.29 is 4.79 Å². The molecule has 1 aromatic rings. The zero-order chi connectivity index (χ0) is 20.1. The molecule has 2 unspecified atom stereocenters. The molecular weight excluding hydrogens is 356 g/mol. The molecule has 1 amide bonds. The van der Waals surface area contributed by atoms with Crippen LogP contribution in [-0.4, -0.2) is 53.2 Å². The maximum absolute atomic E-state index is 11.9. The number of hydrogen-bond donors (Lipinski definition) is 3. The van der Waals surface area contributed by atoms with Gasteiger partial charge in [0.2, 0.25) is 11.9 Å². The predicted octanol–water partition coefficient (Wildman–Crippen LogP) is 1.26. The molecule has 2 fully saturated rings. The summed E-state index contributed by atoms with van der Waals surface area (Å²) < 4.78 is 0. The number of fused-ring (bicyclic) bond motifs is 1. The number of aromatic nitrogens is 2. The summed E-state index contributed by atoms with van der Waals surface area (Å²) in [5, 5.41) is 15.3. The van der Waals surface area contributed by atoms with Crippen LogP contribution in [0.4, 0.5) is 11.8 Å². The molecule has 0 spiro atoms. The lowest BCUT2D eigenvalue weighted by molar-refractivity contribution is -0.129. The lowest BCUT2D eigenvalue weighted by atomic mass is 10.0. The van der Waals surface area contributed by atoms with E-state index in [-0.39, 0.29) is 12.3 Å². The summed E-state index contributed by atoms with van der Waals surface area (Å²) in [5.41, 5.74) is 7.17. The predicted molar refractivity (Wildman–Crippen MR) is 108 cm³/mol. The van der Waals surface area contributed by atoms with Crippen LogP contribution >= 0.6 is 0 Å². The Kier molecular flexibility index (Phi) is 6.09. The van der Waals surface area contributed by atoms with E-state index in [1.807, 2.05) is 17.9 Å². The van der Waals surface area contributed by atoms with Crippen LogP contribution in [0.25, 0.3) is 0 Å². The monoisotopic (exact) mass is 382 g/mol. The average Bonchev–Trinajstić information content (AvgIpc) is 3.23. The van der Waals surface area contributed by atoms with Gasteiger partial charge in [0, 0.05) is 50.4 Å². The molecule has 3 rings (SSSR count). The van der Waals surface area contributed by atoms with E-state index >= 15 is 0 Å². The summed E-state index contributed by atoms with van der Waals surface area (Å²) in [6.07, 6.45) is 6.74. The highest BCUT2D eigenvalue weighted by atomic mass is 16.2. The van der Waals surface area contributed by atoms with Crippen LogP contribution in [0.15, 0.2) is 23.1 Å². The molecule has 1 saturated heterocycles. The first kappa shape index (κ1) is 19.6. The van der Waals surface area contributed by atoms with E-state index in [1.54, 1.807) is 19.5 Å². The number of nitrogens with zero attached hydrogens (tertiary/aromatic N) is 5. The van der Waals surface area contributed by atoms with Crippen LogP contribution in [-0.2, 0) is 4.79 Å². The number of nitrogens with two attached hydrogens (primary N) is 1. The molecule has 1 aliphatic carbocycles. The molecule has 1 aliphatic heterocycles. The van der Waals surface area contributed by atoms with Crippen molar-refractivity contribution in [2.24, 2.45) is 22.6 Å². The van der Waals surface area contributed by atoms with Gasteiger partial charge in [-0.25, -0.2) is 4.98 Å². The number of likely N-dealkylation sites (tertiary alicyclic amines) is 1. The molecule has 0 radical (unpaired) electrons. The molecule has 0 aromatic carbocycles. The Labute approximate surface area is 164 Å². The zero-order valence-corrected chi connectivity index (χ0v) is 16.2. The van der Waals surface area contributed by atoms with Crippen LogP contribution < -0.4 is 16.4 Å². The highest BCUT2D eigenvalue weighted by Crippen LogP contribution is 2.39. The first-order valence-electron chi connectivity index (χ1n) is 9.40. The maximum atomic E-state index is 11.9. The topological polar surface area (TPSA) is 132 Å². The second-order valence-corrected chi connectivity index (χ2v) is 7.33. The number of aryl methyl sites for hydroxylation is 1. The number of nitrogens with one attached hydrogen (secondary N) is 2. The number of carbonyl (C=O) groups is 1. The number of allylic oxidation sites excluding steroid dienone is 1. The van der Waals surface area contributed by atoms with E-state index in [1.165, 1.54) is 6.20 Å². The van der Waals surface area contributed by atoms with Gasteiger partial charge in [0.05, 0.1) is 11.8 Å². The average molecular weight is 382 g/mol. The number of aliphatic imine (C=N–C) groups is 1. The summed E-state index contributed by atoms with van der Waals surface area (Å²) >= 11 is 0. The molecule has 2 atom stereocenters. The van der Waals surface area contributed by atoms with Crippen molar-refractivity contribution >= 4 is 23.9 Å². The number of nitriles is 1. The van der Waals surface area contributed by atoms with Gasteiger partial charge in [0.1, 0.15) is 12.2 Å². The molecular formula is C19H26N8O. The molecule has 1 aromatic heterocycles. The second kappa shape index (κ2) is 8.69. The van der Waals surface area contributed by atoms with Crippen molar-refractivity contribution in [3.63, 3.8) is 0 Å². The second-order valence-electron chi connectivity index (χ2n) is 7.33.